The maximum absolute atomic E-state index is 5.83. The molecule has 0 saturated carbocycles. The van der Waals surface area contributed by atoms with E-state index in [2.05, 4.69) is 37.5 Å². The van der Waals surface area contributed by atoms with Crippen LogP contribution in [-0.4, -0.2) is 41.8 Å². The van der Waals surface area contributed by atoms with Crippen molar-refractivity contribution in [2.75, 3.05) is 6.54 Å². The first-order valence-corrected chi connectivity index (χ1v) is 9.62. The molecule has 0 radical (unpaired) electrons. The van der Waals surface area contributed by atoms with Crippen molar-refractivity contribution in [2.45, 2.75) is 26.4 Å². The molecule has 0 atom stereocenters. The Morgan fingerprint density at radius 2 is 1.93 bits per heavy atom. The third-order valence-electron chi connectivity index (χ3n) is 4.00. The van der Waals surface area contributed by atoms with Crippen molar-refractivity contribution in [3.05, 3.63) is 59.6 Å². The second-order valence-electron chi connectivity index (χ2n) is 6.03. The lowest BCUT2D eigenvalue weighted by Gasteiger charge is -2.18. The van der Waals surface area contributed by atoms with Gasteiger partial charge in [0.1, 0.15) is 0 Å². The van der Waals surface area contributed by atoms with Crippen LogP contribution in [0.1, 0.15) is 25.1 Å². The van der Waals surface area contributed by atoms with Gasteiger partial charge in [0.25, 0.3) is 5.89 Å². The van der Waals surface area contributed by atoms with Gasteiger partial charge in [-0.15, -0.1) is 26.6 Å². The van der Waals surface area contributed by atoms with Gasteiger partial charge < -0.3 is 4.42 Å². The molecule has 0 aliphatic rings. The molecule has 0 unspecified atom stereocenters. The van der Waals surface area contributed by atoms with E-state index in [1.54, 1.807) is 16.0 Å². The minimum absolute atomic E-state index is 0.549. The number of hydrogen-bond acceptors (Lipinski definition) is 8. The van der Waals surface area contributed by atoms with E-state index in [1.807, 2.05) is 47.8 Å². The quantitative estimate of drug-likeness (QED) is 0.463. The second-order valence-corrected chi connectivity index (χ2v) is 6.98. The Hall–Kier alpha value is -2.91. The van der Waals surface area contributed by atoms with Crippen LogP contribution in [-0.2, 0) is 13.1 Å². The van der Waals surface area contributed by atoms with Crippen molar-refractivity contribution in [1.29, 1.82) is 0 Å². The first-order chi connectivity index (χ1) is 13.3. The van der Waals surface area contributed by atoms with Crippen molar-refractivity contribution in [2.24, 2.45) is 0 Å². The normalized spacial score (nSPS) is 11.3. The topological polar surface area (TPSA) is 85.8 Å². The number of hydrogen-bond donors (Lipinski definition) is 0. The summed E-state index contributed by atoms with van der Waals surface area (Å²) in [5.41, 5.74) is 0.937. The Morgan fingerprint density at radius 1 is 1.04 bits per heavy atom. The van der Waals surface area contributed by atoms with Crippen LogP contribution < -0.4 is 0 Å². The number of rotatable bonds is 8. The fraction of sp³-hybridized carbons (Fsp3) is 0.278. The minimum Gasteiger partial charge on any atom is -0.419 e. The van der Waals surface area contributed by atoms with Crippen LogP contribution in [0.5, 0.6) is 0 Å². The predicted molar refractivity (Wildman–Crippen MR) is 101 cm³/mol. The van der Waals surface area contributed by atoms with Crippen LogP contribution in [0.3, 0.4) is 0 Å². The molecule has 0 N–H and O–H groups in total. The molecule has 0 amide bonds. The van der Waals surface area contributed by atoms with E-state index < -0.39 is 0 Å². The largest absolute Gasteiger partial charge is 0.419 e. The molecule has 3 heterocycles. The first kappa shape index (κ1) is 17.5. The molecule has 0 aliphatic carbocycles. The van der Waals surface area contributed by atoms with Crippen LogP contribution in [0, 0.1) is 0 Å². The van der Waals surface area contributed by atoms with Crippen molar-refractivity contribution in [3.63, 3.8) is 0 Å². The summed E-state index contributed by atoms with van der Waals surface area (Å²) in [6, 6.07) is 13.8. The van der Waals surface area contributed by atoms with Crippen LogP contribution in [0.25, 0.3) is 16.5 Å². The third kappa shape index (κ3) is 4.09. The van der Waals surface area contributed by atoms with Gasteiger partial charge >= 0.3 is 0 Å². The van der Waals surface area contributed by atoms with E-state index in [9.17, 15) is 0 Å². The number of benzene rings is 1. The lowest BCUT2D eigenvalue weighted by atomic mass is 10.3. The molecule has 0 bridgehead atoms. The summed E-state index contributed by atoms with van der Waals surface area (Å²) in [6.45, 7) is 4.15. The fourth-order valence-corrected chi connectivity index (χ4v) is 3.46. The van der Waals surface area contributed by atoms with Gasteiger partial charge in [0.05, 0.1) is 23.7 Å². The van der Waals surface area contributed by atoms with Crippen molar-refractivity contribution < 1.29 is 4.42 Å². The van der Waals surface area contributed by atoms with E-state index in [0.717, 1.165) is 29.4 Å². The highest BCUT2D eigenvalue weighted by atomic mass is 32.1. The molecular weight excluding hydrogens is 362 g/mol. The molecule has 27 heavy (non-hydrogen) atoms. The second kappa shape index (κ2) is 8.19. The van der Waals surface area contributed by atoms with Gasteiger partial charge in [0, 0.05) is 0 Å². The lowest BCUT2D eigenvalue weighted by Crippen LogP contribution is -2.25. The number of tetrazole rings is 1. The van der Waals surface area contributed by atoms with Crippen LogP contribution in [0.4, 0.5) is 0 Å². The Morgan fingerprint density at radius 3 is 2.70 bits per heavy atom. The van der Waals surface area contributed by atoms with Gasteiger partial charge in [-0.3, -0.25) is 4.90 Å². The summed E-state index contributed by atoms with van der Waals surface area (Å²) in [4.78, 5) is 3.18. The average molecular weight is 381 g/mol. The van der Waals surface area contributed by atoms with Crippen molar-refractivity contribution in [3.8, 4) is 16.5 Å². The summed E-state index contributed by atoms with van der Waals surface area (Å²) >= 11 is 1.58. The zero-order valence-corrected chi connectivity index (χ0v) is 15.7. The van der Waals surface area contributed by atoms with E-state index in [0.29, 0.717) is 24.9 Å². The Balaban J connectivity index is 1.50. The third-order valence-corrected chi connectivity index (χ3v) is 4.86. The number of aromatic nitrogens is 6. The SMILES string of the molecule is CCCN(Cc1nnc(-c2cccs2)o1)Cc1nnnn1-c1ccccc1. The fourth-order valence-electron chi connectivity index (χ4n) is 2.81. The van der Waals surface area contributed by atoms with Gasteiger partial charge in [-0.05, 0) is 47.0 Å². The highest BCUT2D eigenvalue weighted by Gasteiger charge is 2.17. The van der Waals surface area contributed by atoms with E-state index >= 15 is 0 Å². The Kier molecular flexibility index (Phi) is 5.31. The molecule has 0 aliphatic heterocycles. The molecule has 0 spiro atoms. The predicted octanol–water partition coefficient (Wildman–Crippen LogP) is 3.19. The Bertz CT molecular complexity index is 965. The van der Waals surface area contributed by atoms with Crippen molar-refractivity contribution in [1.82, 2.24) is 35.3 Å². The summed E-state index contributed by atoms with van der Waals surface area (Å²) < 4.78 is 7.58. The van der Waals surface area contributed by atoms with Crippen LogP contribution >= 0.6 is 11.3 Å². The highest BCUT2D eigenvalue weighted by molar-refractivity contribution is 7.13. The molecule has 138 valence electrons. The monoisotopic (exact) mass is 381 g/mol. The van der Waals surface area contributed by atoms with E-state index in [4.69, 9.17) is 4.42 Å². The van der Waals surface area contributed by atoms with E-state index in [1.165, 1.54) is 0 Å². The molecule has 3 aromatic heterocycles. The molecule has 0 saturated heterocycles. The molecule has 4 aromatic rings. The lowest BCUT2D eigenvalue weighted by molar-refractivity contribution is 0.225. The average Bonchev–Trinajstić information content (AvgIpc) is 3.44. The minimum atomic E-state index is 0.549. The van der Waals surface area contributed by atoms with Gasteiger partial charge in [-0.1, -0.05) is 31.2 Å². The first-order valence-electron chi connectivity index (χ1n) is 8.75. The zero-order valence-electron chi connectivity index (χ0n) is 14.9. The molecule has 9 heteroatoms. The maximum Gasteiger partial charge on any atom is 0.257 e. The summed E-state index contributed by atoms with van der Waals surface area (Å²) in [5.74, 6) is 1.92. The van der Waals surface area contributed by atoms with Crippen LogP contribution in [0.2, 0.25) is 0 Å². The van der Waals surface area contributed by atoms with E-state index in [-0.39, 0.29) is 0 Å². The highest BCUT2D eigenvalue weighted by Crippen LogP contribution is 2.23. The van der Waals surface area contributed by atoms with Gasteiger partial charge in [-0.2, -0.15) is 4.68 Å². The number of para-hydroxylation sites is 1. The molecule has 8 nitrogen and oxygen atoms in total. The summed E-state index contributed by atoms with van der Waals surface area (Å²) in [5, 5.41) is 22.5. The maximum atomic E-state index is 5.83. The molecule has 1 aromatic carbocycles. The van der Waals surface area contributed by atoms with Gasteiger partial charge in [0.15, 0.2) is 5.82 Å². The smallest absolute Gasteiger partial charge is 0.257 e. The number of nitrogens with zero attached hydrogens (tertiary/aromatic N) is 7. The van der Waals surface area contributed by atoms with Gasteiger partial charge in [0.2, 0.25) is 5.89 Å². The Labute approximate surface area is 160 Å². The molecular formula is C18H19N7OS. The summed E-state index contributed by atoms with van der Waals surface area (Å²) in [7, 11) is 0. The standard InChI is InChI=1S/C18H19N7OS/c1-2-10-24(13-17-20-21-18(26-17)15-9-6-11-27-15)12-16-19-22-23-25(16)14-7-4-3-5-8-14/h3-9,11H,2,10,12-13H2,1H3. The number of thiophene rings is 1. The van der Waals surface area contributed by atoms with Gasteiger partial charge in [-0.25, -0.2) is 0 Å². The molecule has 4 rings (SSSR count). The van der Waals surface area contributed by atoms with Crippen LogP contribution in [0.15, 0.2) is 52.3 Å². The zero-order chi connectivity index (χ0) is 18.5. The van der Waals surface area contributed by atoms with Crippen molar-refractivity contribution >= 4 is 11.3 Å². The molecule has 0 fully saturated rings. The summed E-state index contributed by atoms with van der Waals surface area (Å²) in [6.07, 6.45) is 0.999.